The van der Waals surface area contributed by atoms with Gasteiger partial charge in [0.15, 0.2) is 5.11 Å². The zero-order chi connectivity index (χ0) is 17.3. The molecule has 3 nitrogen and oxygen atoms in total. The number of rotatable bonds is 2. The molecule has 2 aromatic rings. The van der Waals surface area contributed by atoms with E-state index in [2.05, 4.69) is 68.7 Å². The van der Waals surface area contributed by atoms with Crippen molar-refractivity contribution < 1.29 is 4.74 Å². The molecule has 1 atom stereocenters. The normalized spacial score (nSPS) is 18.2. The highest BCUT2D eigenvalue weighted by Gasteiger charge is 2.34. The molecule has 0 bridgehead atoms. The van der Waals surface area contributed by atoms with Crippen molar-refractivity contribution in [1.82, 2.24) is 5.32 Å². The molecule has 0 saturated carbocycles. The van der Waals surface area contributed by atoms with E-state index in [0.29, 0.717) is 5.11 Å². The van der Waals surface area contributed by atoms with Gasteiger partial charge in [0.05, 0.1) is 6.04 Å². The highest BCUT2D eigenvalue weighted by Crippen LogP contribution is 2.39. The van der Waals surface area contributed by atoms with Crippen molar-refractivity contribution in [2.75, 3.05) is 5.32 Å². The number of ether oxygens (including phenoxy) is 1. The molecule has 2 aromatic carbocycles. The van der Waals surface area contributed by atoms with Crippen molar-refractivity contribution in [3.63, 3.8) is 0 Å². The van der Waals surface area contributed by atoms with Crippen LogP contribution in [-0.4, -0.2) is 10.7 Å². The maximum absolute atomic E-state index is 6.11. The molecule has 0 saturated heterocycles. The third-order valence-electron chi connectivity index (χ3n) is 4.24. The molecular formula is C20H24N2OS. The van der Waals surface area contributed by atoms with Gasteiger partial charge < -0.3 is 15.4 Å². The number of fused-ring (bicyclic) bond motifs is 1. The Morgan fingerprint density at radius 1 is 1.08 bits per heavy atom. The van der Waals surface area contributed by atoms with Gasteiger partial charge in [-0.05, 0) is 58.1 Å². The highest BCUT2D eigenvalue weighted by molar-refractivity contribution is 7.80. The molecule has 4 heteroatoms. The smallest absolute Gasteiger partial charge is 0.171 e. The largest absolute Gasteiger partial charge is 0.487 e. The second-order valence-corrected chi connectivity index (χ2v) is 7.53. The fourth-order valence-corrected chi connectivity index (χ4v) is 3.33. The maximum Gasteiger partial charge on any atom is 0.171 e. The summed E-state index contributed by atoms with van der Waals surface area (Å²) in [6.07, 6.45) is 0.860. The van der Waals surface area contributed by atoms with Gasteiger partial charge in [-0.2, -0.15) is 0 Å². The van der Waals surface area contributed by atoms with E-state index < -0.39 is 0 Å². The monoisotopic (exact) mass is 340 g/mol. The predicted octanol–water partition coefficient (Wildman–Crippen LogP) is 4.89. The molecule has 0 aromatic heterocycles. The van der Waals surface area contributed by atoms with Crippen LogP contribution in [0.4, 0.5) is 5.69 Å². The SMILES string of the molecule is Cc1ccc(NC(=S)N[C@H]2CC(C)(C)Oc3ccc(C)cc32)cc1. The zero-order valence-electron chi connectivity index (χ0n) is 14.6. The van der Waals surface area contributed by atoms with E-state index in [9.17, 15) is 0 Å². The first-order valence-electron chi connectivity index (χ1n) is 8.26. The average Bonchev–Trinajstić information content (AvgIpc) is 2.49. The topological polar surface area (TPSA) is 33.3 Å². The summed E-state index contributed by atoms with van der Waals surface area (Å²) in [6.45, 7) is 8.39. The Kier molecular flexibility index (Phi) is 4.50. The Hall–Kier alpha value is -2.07. The van der Waals surface area contributed by atoms with Crippen LogP contribution in [0.1, 0.15) is 43.0 Å². The van der Waals surface area contributed by atoms with Crippen molar-refractivity contribution in [2.24, 2.45) is 0 Å². The minimum Gasteiger partial charge on any atom is -0.487 e. The van der Waals surface area contributed by atoms with Crippen LogP contribution in [0.5, 0.6) is 5.75 Å². The predicted molar refractivity (Wildman–Crippen MR) is 104 cm³/mol. The van der Waals surface area contributed by atoms with Gasteiger partial charge in [-0.15, -0.1) is 0 Å². The lowest BCUT2D eigenvalue weighted by Crippen LogP contribution is -2.42. The third kappa shape index (κ3) is 3.88. The third-order valence-corrected chi connectivity index (χ3v) is 4.46. The number of hydrogen-bond acceptors (Lipinski definition) is 2. The van der Waals surface area contributed by atoms with Gasteiger partial charge in [-0.25, -0.2) is 0 Å². The van der Waals surface area contributed by atoms with Crippen LogP contribution in [0.15, 0.2) is 42.5 Å². The zero-order valence-corrected chi connectivity index (χ0v) is 15.5. The molecule has 24 heavy (non-hydrogen) atoms. The summed E-state index contributed by atoms with van der Waals surface area (Å²) in [4.78, 5) is 0. The summed E-state index contributed by atoms with van der Waals surface area (Å²) in [7, 11) is 0. The second kappa shape index (κ2) is 6.44. The Morgan fingerprint density at radius 3 is 2.46 bits per heavy atom. The Morgan fingerprint density at radius 2 is 1.75 bits per heavy atom. The van der Waals surface area contributed by atoms with Gasteiger partial charge in [0, 0.05) is 17.7 Å². The lowest BCUT2D eigenvalue weighted by atomic mass is 9.89. The molecule has 2 N–H and O–H groups in total. The van der Waals surface area contributed by atoms with Crippen LogP contribution in [0, 0.1) is 13.8 Å². The van der Waals surface area contributed by atoms with Crippen molar-refractivity contribution in [3.8, 4) is 5.75 Å². The lowest BCUT2D eigenvalue weighted by molar-refractivity contribution is 0.0696. The summed E-state index contributed by atoms with van der Waals surface area (Å²) in [5.41, 5.74) is 4.40. The molecule has 1 aliphatic rings. The van der Waals surface area contributed by atoms with E-state index in [1.54, 1.807) is 0 Å². The molecule has 0 spiro atoms. The molecule has 1 aliphatic heterocycles. The standard InChI is InChI=1S/C20H24N2OS/c1-13-5-8-15(9-6-13)21-19(24)22-17-12-20(3,4)23-18-10-7-14(2)11-16(17)18/h5-11,17H,12H2,1-4H3,(H2,21,22,24)/t17-/m0/s1. The quantitative estimate of drug-likeness (QED) is 0.763. The van der Waals surface area contributed by atoms with Gasteiger partial charge in [-0.3, -0.25) is 0 Å². The minimum atomic E-state index is -0.223. The van der Waals surface area contributed by atoms with E-state index in [-0.39, 0.29) is 11.6 Å². The summed E-state index contributed by atoms with van der Waals surface area (Å²) >= 11 is 5.52. The number of aryl methyl sites for hydroxylation is 2. The molecule has 0 amide bonds. The molecule has 1 heterocycles. The van der Waals surface area contributed by atoms with E-state index in [1.807, 2.05) is 12.1 Å². The van der Waals surface area contributed by atoms with E-state index in [4.69, 9.17) is 17.0 Å². The molecule has 0 fully saturated rings. The first-order valence-corrected chi connectivity index (χ1v) is 8.67. The first kappa shape index (κ1) is 16.8. The van der Waals surface area contributed by atoms with Crippen molar-refractivity contribution >= 4 is 23.0 Å². The van der Waals surface area contributed by atoms with E-state index >= 15 is 0 Å². The summed E-state index contributed by atoms with van der Waals surface area (Å²) in [5, 5.41) is 7.36. The van der Waals surface area contributed by atoms with Crippen LogP contribution < -0.4 is 15.4 Å². The van der Waals surface area contributed by atoms with Crippen LogP contribution >= 0.6 is 12.2 Å². The van der Waals surface area contributed by atoms with E-state index in [1.165, 1.54) is 16.7 Å². The van der Waals surface area contributed by atoms with E-state index in [0.717, 1.165) is 17.9 Å². The fourth-order valence-electron chi connectivity index (χ4n) is 3.07. The fraction of sp³-hybridized carbons (Fsp3) is 0.350. The molecule has 3 rings (SSSR count). The van der Waals surface area contributed by atoms with Crippen LogP contribution in [0.2, 0.25) is 0 Å². The van der Waals surface area contributed by atoms with Crippen molar-refractivity contribution in [3.05, 3.63) is 59.2 Å². The Labute approximate surface area is 149 Å². The molecule has 126 valence electrons. The van der Waals surface area contributed by atoms with Crippen LogP contribution in [0.3, 0.4) is 0 Å². The molecule has 0 unspecified atom stereocenters. The summed E-state index contributed by atoms with van der Waals surface area (Å²) < 4.78 is 6.11. The highest BCUT2D eigenvalue weighted by atomic mass is 32.1. The second-order valence-electron chi connectivity index (χ2n) is 7.12. The first-order chi connectivity index (χ1) is 11.3. The van der Waals surface area contributed by atoms with Gasteiger partial charge in [-0.1, -0.05) is 35.4 Å². The van der Waals surface area contributed by atoms with Gasteiger partial charge >= 0.3 is 0 Å². The number of hydrogen-bond donors (Lipinski definition) is 2. The minimum absolute atomic E-state index is 0.133. The maximum atomic E-state index is 6.11. The number of thiocarbonyl (C=S) groups is 1. The van der Waals surface area contributed by atoms with Gasteiger partial charge in [0.2, 0.25) is 0 Å². The molecular weight excluding hydrogens is 316 g/mol. The molecule has 0 radical (unpaired) electrons. The van der Waals surface area contributed by atoms with Crippen LogP contribution in [-0.2, 0) is 0 Å². The van der Waals surface area contributed by atoms with Crippen molar-refractivity contribution in [2.45, 2.75) is 45.8 Å². The van der Waals surface area contributed by atoms with Crippen LogP contribution in [0.25, 0.3) is 0 Å². The lowest BCUT2D eigenvalue weighted by Gasteiger charge is -2.38. The number of nitrogens with one attached hydrogen (secondary N) is 2. The summed E-state index contributed by atoms with van der Waals surface area (Å²) in [6, 6.07) is 14.7. The molecule has 0 aliphatic carbocycles. The summed E-state index contributed by atoms with van der Waals surface area (Å²) in [5.74, 6) is 0.937. The van der Waals surface area contributed by atoms with Crippen molar-refractivity contribution in [1.29, 1.82) is 0 Å². The van der Waals surface area contributed by atoms with Gasteiger partial charge in [0.25, 0.3) is 0 Å². The number of anilines is 1. The Balaban J connectivity index is 1.77. The van der Waals surface area contributed by atoms with Gasteiger partial charge in [0.1, 0.15) is 11.4 Å². The average molecular weight is 340 g/mol. The Bertz CT molecular complexity index is 753. The number of benzene rings is 2.